The molecule has 156 valence electrons. The molecule has 2 aromatic carbocycles. The van der Waals surface area contributed by atoms with Crippen molar-refractivity contribution in [2.45, 2.75) is 13.0 Å². The van der Waals surface area contributed by atoms with Gasteiger partial charge in [-0.15, -0.1) is 0 Å². The van der Waals surface area contributed by atoms with Gasteiger partial charge in [0, 0.05) is 7.11 Å². The van der Waals surface area contributed by atoms with Gasteiger partial charge < -0.3 is 14.0 Å². The lowest BCUT2D eigenvalue weighted by Crippen LogP contribution is -2.51. The first-order valence-electron chi connectivity index (χ1n) is 9.76. The molecule has 7 nitrogen and oxygen atoms in total. The number of carbonyl (C=O) groups excluding carboxylic acids is 2. The van der Waals surface area contributed by atoms with Crippen LogP contribution in [-0.4, -0.2) is 48.3 Å². The SMILES string of the molecule is CCOC(=O)[C@H]1C(=O)N(CCOC)c2nc3ccccc3n2[C@H]1c1cccc(F)c1. The van der Waals surface area contributed by atoms with E-state index >= 15 is 0 Å². The first-order chi connectivity index (χ1) is 14.6. The first-order valence-corrected chi connectivity index (χ1v) is 9.76. The summed E-state index contributed by atoms with van der Waals surface area (Å²) in [6.07, 6.45) is 0. The standard InChI is InChI=1S/C22H22FN3O4/c1-3-30-21(28)18-19(14-7-6-8-15(23)13-14)26-17-10-5-4-9-16(17)24-22(26)25(20(18)27)11-12-29-2/h4-10,13,18-19H,3,11-12H2,1-2H3/t18-,19+/m1/s1. The quantitative estimate of drug-likeness (QED) is 0.461. The molecule has 0 bridgehead atoms. The van der Waals surface area contributed by atoms with Crippen LogP contribution in [0.25, 0.3) is 11.0 Å². The fourth-order valence-electron chi connectivity index (χ4n) is 3.93. The summed E-state index contributed by atoms with van der Waals surface area (Å²) in [5.41, 5.74) is 1.91. The number of methoxy groups -OCH3 is 1. The molecule has 1 amide bonds. The lowest BCUT2D eigenvalue weighted by atomic mass is 9.89. The summed E-state index contributed by atoms with van der Waals surface area (Å²) in [5.74, 6) is -2.32. The summed E-state index contributed by atoms with van der Waals surface area (Å²) in [7, 11) is 1.54. The topological polar surface area (TPSA) is 73.7 Å². The Balaban J connectivity index is 1.98. The molecule has 30 heavy (non-hydrogen) atoms. The van der Waals surface area contributed by atoms with E-state index in [1.165, 1.54) is 24.1 Å². The molecule has 8 heteroatoms. The zero-order valence-corrected chi connectivity index (χ0v) is 16.7. The monoisotopic (exact) mass is 411 g/mol. The minimum Gasteiger partial charge on any atom is -0.465 e. The van der Waals surface area contributed by atoms with Crippen molar-refractivity contribution in [3.63, 3.8) is 0 Å². The van der Waals surface area contributed by atoms with E-state index in [4.69, 9.17) is 9.47 Å². The Kier molecular flexibility index (Phi) is 5.50. The van der Waals surface area contributed by atoms with E-state index in [1.807, 2.05) is 28.8 Å². The highest BCUT2D eigenvalue weighted by Crippen LogP contribution is 2.41. The van der Waals surface area contributed by atoms with Crippen LogP contribution in [0.4, 0.5) is 10.3 Å². The number of hydrogen-bond donors (Lipinski definition) is 0. The Morgan fingerprint density at radius 2 is 2.00 bits per heavy atom. The van der Waals surface area contributed by atoms with Crippen molar-refractivity contribution < 1.29 is 23.5 Å². The van der Waals surface area contributed by atoms with Gasteiger partial charge >= 0.3 is 5.97 Å². The van der Waals surface area contributed by atoms with E-state index < -0.39 is 29.7 Å². The van der Waals surface area contributed by atoms with Gasteiger partial charge in [0.25, 0.3) is 0 Å². The molecule has 3 aromatic rings. The van der Waals surface area contributed by atoms with Crippen molar-refractivity contribution in [2.24, 2.45) is 5.92 Å². The molecule has 1 aromatic heterocycles. The summed E-state index contributed by atoms with van der Waals surface area (Å²) < 4.78 is 26.3. The lowest BCUT2D eigenvalue weighted by Gasteiger charge is -2.37. The van der Waals surface area contributed by atoms with Crippen molar-refractivity contribution in [1.82, 2.24) is 9.55 Å². The van der Waals surface area contributed by atoms with Crippen LogP contribution in [0.2, 0.25) is 0 Å². The van der Waals surface area contributed by atoms with Crippen LogP contribution < -0.4 is 4.90 Å². The van der Waals surface area contributed by atoms with Crippen LogP contribution in [0.15, 0.2) is 48.5 Å². The molecule has 0 N–H and O–H groups in total. The third kappa shape index (κ3) is 3.33. The molecule has 2 heterocycles. The van der Waals surface area contributed by atoms with Gasteiger partial charge in [-0.3, -0.25) is 14.5 Å². The predicted octanol–water partition coefficient (Wildman–Crippen LogP) is 2.94. The Morgan fingerprint density at radius 3 is 2.73 bits per heavy atom. The Morgan fingerprint density at radius 1 is 1.20 bits per heavy atom. The summed E-state index contributed by atoms with van der Waals surface area (Å²) in [6, 6.07) is 12.6. The fraction of sp³-hybridized carbons (Fsp3) is 0.318. The molecular weight excluding hydrogens is 389 g/mol. The van der Waals surface area contributed by atoms with Crippen LogP contribution in [-0.2, 0) is 19.1 Å². The molecule has 2 atom stereocenters. The molecule has 0 spiro atoms. The van der Waals surface area contributed by atoms with E-state index in [2.05, 4.69) is 4.98 Å². The van der Waals surface area contributed by atoms with E-state index in [-0.39, 0.29) is 19.8 Å². The minimum atomic E-state index is -1.17. The highest BCUT2D eigenvalue weighted by molar-refractivity contribution is 6.08. The number of anilines is 1. The second-order valence-corrected chi connectivity index (χ2v) is 6.98. The van der Waals surface area contributed by atoms with Crippen molar-refractivity contribution >= 4 is 28.9 Å². The van der Waals surface area contributed by atoms with Crippen LogP contribution in [0, 0.1) is 11.7 Å². The van der Waals surface area contributed by atoms with Gasteiger partial charge in [0.1, 0.15) is 5.82 Å². The Hall–Kier alpha value is -3.26. The average molecular weight is 411 g/mol. The van der Waals surface area contributed by atoms with Gasteiger partial charge in [-0.05, 0) is 36.8 Å². The smallest absolute Gasteiger partial charge is 0.321 e. The van der Waals surface area contributed by atoms with E-state index in [1.54, 1.807) is 19.1 Å². The number of fused-ring (bicyclic) bond motifs is 3. The summed E-state index contributed by atoms with van der Waals surface area (Å²) >= 11 is 0. The second-order valence-electron chi connectivity index (χ2n) is 6.98. The fourth-order valence-corrected chi connectivity index (χ4v) is 3.93. The highest BCUT2D eigenvalue weighted by atomic mass is 19.1. The molecule has 1 aliphatic heterocycles. The van der Waals surface area contributed by atoms with Crippen LogP contribution >= 0.6 is 0 Å². The number of imidazole rings is 1. The van der Waals surface area contributed by atoms with Crippen molar-refractivity contribution in [3.05, 3.63) is 59.9 Å². The number of para-hydroxylation sites is 2. The lowest BCUT2D eigenvalue weighted by molar-refractivity contribution is -0.153. The summed E-state index contributed by atoms with van der Waals surface area (Å²) in [6.45, 7) is 2.32. The highest BCUT2D eigenvalue weighted by Gasteiger charge is 2.47. The van der Waals surface area contributed by atoms with Gasteiger partial charge in [-0.1, -0.05) is 24.3 Å². The first kappa shape index (κ1) is 20.0. The second kappa shape index (κ2) is 8.23. The summed E-state index contributed by atoms with van der Waals surface area (Å²) in [4.78, 5) is 32.5. The van der Waals surface area contributed by atoms with Gasteiger partial charge in [0.05, 0.1) is 36.8 Å². The predicted molar refractivity (Wildman–Crippen MR) is 109 cm³/mol. The number of aromatic nitrogens is 2. The van der Waals surface area contributed by atoms with E-state index in [0.717, 1.165) is 5.52 Å². The molecule has 0 saturated heterocycles. The van der Waals surface area contributed by atoms with Crippen LogP contribution in [0.1, 0.15) is 18.5 Å². The Labute approximate surface area is 173 Å². The number of hydrogen-bond acceptors (Lipinski definition) is 5. The molecule has 0 fully saturated rings. The van der Waals surface area contributed by atoms with Crippen molar-refractivity contribution in [3.8, 4) is 0 Å². The number of ether oxygens (including phenoxy) is 2. The number of benzene rings is 2. The van der Waals surface area contributed by atoms with Crippen molar-refractivity contribution in [2.75, 3.05) is 31.8 Å². The van der Waals surface area contributed by atoms with Crippen molar-refractivity contribution in [1.29, 1.82) is 0 Å². The molecular formula is C22H22FN3O4. The normalized spacial score (nSPS) is 18.5. The molecule has 0 saturated carbocycles. The molecule has 0 aliphatic carbocycles. The van der Waals surface area contributed by atoms with Gasteiger partial charge in [-0.2, -0.15) is 0 Å². The maximum Gasteiger partial charge on any atom is 0.321 e. The molecule has 1 aliphatic rings. The maximum atomic E-state index is 14.1. The van der Waals surface area contributed by atoms with Gasteiger partial charge in [-0.25, -0.2) is 9.37 Å². The number of esters is 1. The molecule has 0 unspecified atom stereocenters. The molecule has 4 rings (SSSR count). The van der Waals surface area contributed by atoms with E-state index in [0.29, 0.717) is 17.0 Å². The minimum absolute atomic E-state index is 0.133. The Bertz CT molecular complexity index is 1100. The van der Waals surface area contributed by atoms with Crippen LogP contribution in [0.5, 0.6) is 0 Å². The number of carbonyl (C=O) groups is 2. The largest absolute Gasteiger partial charge is 0.465 e. The van der Waals surface area contributed by atoms with Gasteiger partial charge in [0.15, 0.2) is 5.92 Å². The third-order valence-electron chi connectivity index (χ3n) is 5.19. The maximum absolute atomic E-state index is 14.1. The zero-order valence-electron chi connectivity index (χ0n) is 16.7. The zero-order chi connectivity index (χ0) is 21.3. The average Bonchev–Trinajstić information content (AvgIpc) is 3.11. The summed E-state index contributed by atoms with van der Waals surface area (Å²) in [5, 5.41) is 0. The number of rotatable bonds is 6. The number of nitrogens with zero attached hydrogens (tertiary/aromatic N) is 3. The van der Waals surface area contributed by atoms with Gasteiger partial charge in [0.2, 0.25) is 11.9 Å². The van der Waals surface area contributed by atoms with Crippen LogP contribution in [0.3, 0.4) is 0 Å². The number of halogens is 1. The molecule has 0 radical (unpaired) electrons. The van der Waals surface area contributed by atoms with E-state index in [9.17, 15) is 14.0 Å². The third-order valence-corrected chi connectivity index (χ3v) is 5.19. The number of amides is 1.